The van der Waals surface area contributed by atoms with Crippen LogP contribution in [0.1, 0.15) is 100 Å². The predicted octanol–water partition coefficient (Wildman–Crippen LogP) is 9.39. The van der Waals surface area contributed by atoms with Crippen molar-refractivity contribution >= 4 is 34.4 Å². The Bertz CT molecular complexity index is 1170. The van der Waals surface area contributed by atoms with Gasteiger partial charge in [-0.25, -0.2) is 4.98 Å². The molecule has 0 amide bonds. The quantitative estimate of drug-likeness (QED) is 0.248. The van der Waals surface area contributed by atoms with E-state index in [-0.39, 0.29) is 0 Å². The van der Waals surface area contributed by atoms with Crippen molar-refractivity contribution in [2.24, 2.45) is 9.98 Å². The van der Waals surface area contributed by atoms with Gasteiger partial charge in [0.25, 0.3) is 0 Å². The first kappa shape index (κ1) is 28.8. The van der Waals surface area contributed by atoms with Crippen molar-refractivity contribution in [2.45, 2.75) is 93.9 Å². The molecule has 0 N–H and O–H groups in total. The molecule has 0 bridgehead atoms. The van der Waals surface area contributed by atoms with Gasteiger partial charge >= 0.3 is 0 Å². The van der Waals surface area contributed by atoms with Gasteiger partial charge in [0.2, 0.25) is 0 Å². The van der Waals surface area contributed by atoms with Crippen molar-refractivity contribution < 1.29 is 0 Å². The molecule has 3 rings (SSSR count). The molecule has 0 saturated carbocycles. The second-order valence-electron chi connectivity index (χ2n) is 9.60. The fourth-order valence-electron chi connectivity index (χ4n) is 4.76. The summed E-state index contributed by atoms with van der Waals surface area (Å²) in [5.41, 5.74) is 13.3. The number of halogens is 1. The maximum atomic E-state index is 6.61. The summed E-state index contributed by atoms with van der Waals surface area (Å²) in [6.45, 7) is 17.2. The average Bonchev–Trinajstić information content (AvgIpc) is 2.92. The zero-order chi connectivity index (χ0) is 27.1. The summed E-state index contributed by atoms with van der Waals surface area (Å²) in [6, 6.07) is 13.0. The van der Waals surface area contributed by atoms with Crippen LogP contribution in [0.4, 0.5) is 11.4 Å². The number of hydrogen-bond donors (Lipinski definition) is 0. The molecular formula is C33H42ClN3. The smallest absolute Gasteiger partial charge is 0.0864 e. The Kier molecular flexibility index (Phi) is 10.2. The van der Waals surface area contributed by atoms with E-state index < -0.39 is 0 Å². The number of aryl methyl sites for hydroxylation is 6. The number of pyridine rings is 1. The van der Waals surface area contributed by atoms with Crippen LogP contribution in [0.5, 0.6) is 0 Å². The monoisotopic (exact) mass is 515 g/mol. The fraction of sp³-hybridized carbons (Fsp3) is 0.424. The van der Waals surface area contributed by atoms with E-state index >= 15 is 0 Å². The molecule has 0 radical (unpaired) electrons. The first-order chi connectivity index (χ1) is 17.8. The van der Waals surface area contributed by atoms with Crippen molar-refractivity contribution in [3.63, 3.8) is 0 Å². The van der Waals surface area contributed by atoms with Gasteiger partial charge in [0.1, 0.15) is 0 Å². The van der Waals surface area contributed by atoms with Gasteiger partial charge in [-0.1, -0.05) is 77.4 Å². The fourth-order valence-corrected chi connectivity index (χ4v) is 4.96. The average molecular weight is 516 g/mol. The van der Waals surface area contributed by atoms with Gasteiger partial charge < -0.3 is 0 Å². The summed E-state index contributed by atoms with van der Waals surface area (Å²) in [6.07, 6.45) is 5.85. The first-order valence-electron chi connectivity index (χ1n) is 13.9. The Labute approximate surface area is 229 Å². The van der Waals surface area contributed by atoms with E-state index in [2.05, 4.69) is 65.8 Å². The molecule has 0 aliphatic carbocycles. The highest BCUT2D eigenvalue weighted by molar-refractivity contribution is 6.31. The molecule has 0 saturated heterocycles. The van der Waals surface area contributed by atoms with Gasteiger partial charge in [-0.3, -0.25) is 9.98 Å². The Balaban J connectivity index is 2.09. The summed E-state index contributed by atoms with van der Waals surface area (Å²) < 4.78 is 0. The molecule has 196 valence electrons. The Morgan fingerprint density at radius 1 is 0.568 bits per heavy atom. The van der Waals surface area contributed by atoms with Crippen molar-refractivity contribution in [1.29, 1.82) is 0 Å². The van der Waals surface area contributed by atoms with Crippen LogP contribution in [0.2, 0.25) is 5.02 Å². The molecule has 2 aromatic carbocycles. The number of benzene rings is 2. The molecule has 0 atom stereocenters. The topological polar surface area (TPSA) is 37.6 Å². The van der Waals surface area contributed by atoms with Gasteiger partial charge in [0.15, 0.2) is 0 Å². The van der Waals surface area contributed by atoms with Crippen molar-refractivity contribution in [2.75, 3.05) is 0 Å². The summed E-state index contributed by atoms with van der Waals surface area (Å²) in [5.74, 6) is 0. The highest BCUT2D eigenvalue weighted by atomic mass is 35.5. The van der Waals surface area contributed by atoms with Crippen LogP contribution >= 0.6 is 11.6 Å². The lowest BCUT2D eigenvalue weighted by atomic mass is 9.98. The van der Waals surface area contributed by atoms with E-state index in [0.717, 1.165) is 72.7 Å². The van der Waals surface area contributed by atoms with Crippen molar-refractivity contribution in [1.82, 2.24) is 4.98 Å². The third-order valence-electron chi connectivity index (χ3n) is 7.09. The highest BCUT2D eigenvalue weighted by Gasteiger charge is 2.13. The molecule has 3 aromatic rings. The second-order valence-corrected chi connectivity index (χ2v) is 10.0. The highest BCUT2D eigenvalue weighted by Crippen LogP contribution is 2.31. The van der Waals surface area contributed by atoms with Crippen LogP contribution in [0.15, 0.2) is 46.4 Å². The number of aliphatic imine (C=N–C) groups is 2. The molecule has 0 aliphatic rings. The molecule has 3 nitrogen and oxygen atoms in total. The number of nitrogens with zero attached hydrogens (tertiary/aromatic N) is 3. The van der Waals surface area contributed by atoms with E-state index in [4.69, 9.17) is 26.6 Å². The van der Waals surface area contributed by atoms with Gasteiger partial charge in [0.05, 0.1) is 34.2 Å². The molecule has 1 heterocycles. The molecule has 4 heteroatoms. The van der Waals surface area contributed by atoms with E-state index in [0.29, 0.717) is 5.02 Å². The zero-order valence-electron chi connectivity index (χ0n) is 23.9. The van der Waals surface area contributed by atoms with Gasteiger partial charge in [-0.2, -0.15) is 0 Å². The molecule has 0 spiro atoms. The number of aromatic nitrogens is 1. The molecule has 0 aliphatic heterocycles. The van der Waals surface area contributed by atoms with Crippen LogP contribution in [0.25, 0.3) is 0 Å². The molecule has 37 heavy (non-hydrogen) atoms. The van der Waals surface area contributed by atoms with Crippen LogP contribution in [-0.2, 0) is 38.5 Å². The molecule has 1 aromatic heterocycles. The largest absolute Gasteiger partial charge is 0.251 e. The maximum Gasteiger partial charge on any atom is 0.0864 e. The molecule has 0 unspecified atom stereocenters. The zero-order valence-corrected chi connectivity index (χ0v) is 24.7. The van der Waals surface area contributed by atoms with E-state index in [1.165, 1.54) is 33.4 Å². The maximum absolute atomic E-state index is 6.61. The number of rotatable bonds is 10. The molecule has 0 fully saturated rings. The van der Waals surface area contributed by atoms with Crippen LogP contribution < -0.4 is 0 Å². The lowest BCUT2D eigenvalue weighted by Crippen LogP contribution is -2.06. The SMILES string of the molecule is CCc1cc(CC)c(N=C(C)c2cc(Cl)cc(C(C)=Nc3c(CC)cc(CC)cc3CC)n2)c(CC)c1. The Hall–Kier alpha value is -2.78. The summed E-state index contributed by atoms with van der Waals surface area (Å²) in [7, 11) is 0. The minimum absolute atomic E-state index is 0.643. The lowest BCUT2D eigenvalue weighted by Gasteiger charge is -2.14. The number of hydrogen-bond acceptors (Lipinski definition) is 3. The Morgan fingerprint density at radius 2 is 0.892 bits per heavy atom. The van der Waals surface area contributed by atoms with E-state index in [9.17, 15) is 0 Å². The minimum atomic E-state index is 0.643. The third kappa shape index (κ3) is 6.76. The van der Waals surface area contributed by atoms with Gasteiger partial charge in [-0.05, 0) is 97.9 Å². The van der Waals surface area contributed by atoms with Crippen molar-refractivity contribution in [3.05, 3.63) is 86.2 Å². The minimum Gasteiger partial charge on any atom is -0.251 e. The third-order valence-corrected chi connectivity index (χ3v) is 7.30. The van der Waals surface area contributed by atoms with E-state index in [1.54, 1.807) is 0 Å². The van der Waals surface area contributed by atoms with E-state index in [1.807, 2.05) is 26.0 Å². The second kappa shape index (κ2) is 13.1. The summed E-state index contributed by atoms with van der Waals surface area (Å²) >= 11 is 6.61. The standard InChI is InChI=1S/C33H42ClN3/c1-9-23-15-25(11-3)32(26(12-4)16-23)35-21(7)30-19-29(34)20-31(37-30)22(8)36-33-27(13-5)17-24(10-2)18-28(33)14-6/h15-20H,9-14H2,1-8H3. The summed E-state index contributed by atoms with van der Waals surface area (Å²) in [4.78, 5) is 15.2. The van der Waals surface area contributed by atoms with Crippen LogP contribution in [-0.4, -0.2) is 16.4 Å². The normalized spacial score (nSPS) is 12.4. The van der Waals surface area contributed by atoms with Crippen LogP contribution in [0, 0.1) is 0 Å². The van der Waals surface area contributed by atoms with Crippen LogP contribution in [0.3, 0.4) is 0 Å². The van der Waals surface area contributed by atoms with Crippen molar-refractivity contribution in [3.8, 4) is 0 Å². The Morgan fingerprint density at radius 3 is 1.16 bits per heavy atom. The first-order valence-corrected chi connectivity index (χ1v) is 14.2. The van der Waals surface area contributed by atoms with Gasteiger partial charge in [0, 0.05) is 5.02 Å². The predicted molar refractivity (Wildman–Crippen MR) is 162 cm³/mol. The summed E-state index contributed by atoms with van der Waals surface area (Å²) in [5, 5.41) is 0.643. The molecular weight excluding hydrogens is 474 g/mol. The van der Waals surface area contributed by atoms with Gasteiger partial charge in [-0.15, -0.1) is 0 Å². The lowest BCUT2D eigenvalue weighted by molar-refractivity contribution is 1.04.